The Hall–Kier alpha value is -1.52. The highest BCUT2D eigenvalue weighted by Crippen LogP contribution is 2.10. The minimum Gasteiger partial charge on any atom is -0.394 e. The lowest BCUT2D eigenvalue weighted by atomic mass is 10.2. The van der Waals surface area contributed by atoms with Crippen LogP contribution in [0, 0.1) is 0 Å². The van der Waals surface area contributed by atoms with Gasteiger partial charge in [-0.15, -0.1) is 0 Å². The largest absolute Gasteiger partial charge is 0.394 e. The lowest BCUT2D eigenvalue weighted by molar-refractivity contribution is -0.150. The molecule has 0 saturated heterocycles. The molecule has 38 heteroatoms. The zero-order valence-corrected chi connectivity index (χ0v) is 52.9. The first-order valence-corrected chi connectivity index (χ1v) is 30.5. The van der Waals surface area contributed by atoms with Gasteiger partial charge in [0.15, 0.2) is 0 Å². The van der Waals surface area contributed by atoms with Crippen LogP contribution < -0.4 is 5.32 Å². The first-order valence-electron chi connectivity index (χ1n) is 30.5. The normalized spacial score (nSPS) is 18.2. The summed E-state index contributed by atoms with van der Waals surface area (Å²) in [5.74, 6) is 0. The molecule has 0 spiro atoms. The van der Waals surface area contributed by atoms with Crippen molar-refractivity contribution in [2.24, 2.45) is 0 Å². The van der Waals surface area contributed by atoms with Gasteiger partial charge in [0.05, 0.1) is 243 Å². The van der Waals surface area contributed by atoms with Gasteiger partial charge in [0.25, 0.3) is 0 Å². The maximum absolute atomic E-state index is 10.7. The zero-order valence-electron chi connectivity index (χ0n) is 52.9. The zero-order chi connectivity index (χ0) is 69.3. The summed E-state index contributed by atoms with van der Waals surface area (Å²) >= 11 is 0. The van der Waals surface area contributed by atoms with E-state index in [-0.39, 0.29) is 192 Å². The third kappa shape index (κ3) is 56.0. The molecule has 0 fully saturated rings. The highest BCUT2D eigenvalue weighted by atomic mass is 16.7. The first kappa shape index (κ1) is 91.5. The Balaban J connectivity index is 6.84. The molecular formula is C55H113NO37. The Bertz CT molecular complexity index is 1570. The quantitative estimate of drug-likeness (QED) is 0.0199. The monoisotopic (exact) mass is 1380 g/mol. The summed E-state index contributed by atoms with van der Waals surface area (Å²) in [6.07, 6.45) is -19.4. The van der Waals surface area contributed by atoms with Crippen LogP contribution in [-0.4, -0.2) is 457 Å². The van der Waals surface area contributed by atoms with E-state index in [2.05, 4.69) is 5.32 Å². The Morgan fingerprint density at radius 1 is 0.183 bits per heavy atom. The van der Waals surface area contributed by atoms with Gasteiger partial charge < -0.3 is 188 Å². The van der Waals surface area contributed by atoms with Crippen molar-refractivity contribution < 1.29 is 183 Å². The van der Waals surface area contributed by atoms with Gasteiger partial charge in [-0.05, 0) is 0 Å². The van der Waals surface area contributed by atoms with Crippen molar-refractivity contribution >= 4 is 0 Å². The molecule has 0 aromatic rings. The third-order valence-corrected chi connectivity index (χ3v) is 11.9. The summed E-state index contributed by atoms with van der Waals surface area (Å²) in [7, 11) is 0. The van der Waals surface area contributed by atoms with Crippen molar-refractivity contribution in [1.29, 1.82) is 0 Å². The summed E-state index contributed by atoms with van der Waals surface area (Å²) in [5, 5.41) is 197. The standard InChI is InChI=1S/C55H113NO37/c57-2-39(65)12-77-10-38(11-78-31-53(32-84-18-45(71)8-63)93-37-88-25-49(75)21-81-15-42(68)5-60)56-1-51(28-83-17-44(70)7-62)91-35-55(34-87-30-52(89-26-46(72)9-64)29-85-22-47(73)19-79-13-40(66)3-58)92-36-54(90-27-50(76)24-82-16-43(69)6-61)33-86-23-48(74)20-80-14-41(67)4-59/h38-76H,1-37H2. The lowest BCUT2D eigenvalue weighted by Gasteiger charge is -2.28. The van der Waals surface area contributed by atoms with Crippen LogP contribution in [0.2, 0.25) is 0 Å². The number of ether oxygens (including phenoxy) is 17. The Kier molecular flexibility index (Phi) is 61.7. The molecule has 0 aliphatic rings. The van der Waals surface area contributed by atoms with Crippen molar-refractivity contribution in [2.75, 3.05) is 245 Å². The van der Waals surface area contributed by atoms with E-state index >= 15 is 0 Å². The molecule has 0 aromatic heterocycles. The minimum absolute atomic E-state index is 0.0805. The summed E-state index contributed by atoms with van der Waals surface area (Å²) in [5.41, 5.74) is 0. The summed E-state index contributed by atoms with van der Waals surface area (Å²) in [6, 6.07) is -0.735. The number of hydrogen-bond donors (Lipinski definition) is 21. The molecule has 0 aliphatic carbocycles. The van der Waals surface area contributed by atoms with Gasteiger partial charge in [-0.1, -0.05) is 0 Å². The van der Waals surface area contributed by atoms with E-state index in [0.717, 1.165) is 0 Å². The molecular weight excluding hydrogens is 1270 g/mol. The third-order valence-electron chi connectivity index (χ3n) is 11.9. The fourth-order valence-corrected chi connectivity index (χ4v) is 6.85. The number of nitrogens with one attached hydrogen (secondary N) is 1. The van der Waals surface area contributed by atoms with E-state index in [1.54, 1.807) is 0 Å². The molecule has 38 nitrogen and oxygen atoms in total. The minimum atomic E-state index is -1.30. The molecule has 0 aromatic carbocycles. The molecule has 18 unspecified atom stereocenters. The van der Waals surface area contributed by atoms with Gasteiger partial charge in [0.1, 0.15) is 104 Å². The molecule has 21 N–H and O–H groups in total. The van der Waals surface area contributed by atoms with Crippen LogP contribution in [0.15, 0.2) is 0 Å². The fraction of sp³-hybridized carbons (Fsp3) is 1.00. The van der Waals surface area contributed by atoms with Crippen molar-refractivity contribution in [3.8, 4) is 0 Å². The molecule has 0 radical (unpaired) electrons. The van der Waals surface area contributed by atoms with Gasteiger partial charge in [0, 0.05) is 6.54 Å². The number of aliphatic hydroxyl groups excluding tert-OH is 20. The molecule has 0 bridgehead atoms. The van der Waals surface area contributed by atoms with Crippen molar-refractivity contribution in [3.05, 3.63) is 0 Å². The Labute approximate surface area is 541 Å². The van der Waals surface area contributed by atoms with Crippen molar-refractivity contribution in [1.82, 2.24) is 5.32 Å². The van der Waals surface area contributed by atoms with Crippen LogP contribution in [0.5, 0.6) is 0 Å². The highest BCUT2D eigenvalue weighted by molar-refractivity contribution is 4.74. The second-order valence-corrected chi connectivity index (χ2v) is 21.4. The predicted molar refractivity (Wildman–Crippen MR) is 314 cm³/mol. The highest BCUT2D eigenvalue weighted by Gasteiger charge is 2.25. The van der Waals surface area contributed by atoms with Crippen LogP contribution in [0.3, 0.4) is 0 Å². The van der Waals surface area contributed by atoms with Gasteiger partial charge in [-0.3, -0.25) is 0 Å². The number of hydrogen-bond acceptors (Lipinski definition) is 38. The van der Waals surface area contributed by atoms with Gasteiger partial charge >= 0.3 is 0 Å². The average molecular weight is 1380 g/mol. The second kappa shape index (κ2) is 62.7. The topological polar surface area (TPSA) is 574 Å². The molecule has 0 amide bonds. The van der Waals surface area contributed by atoms with Gasteiger partial charge in [0.2, 0.25) is 0 Å². The molecule has 560 valence electrons. The fourth-order valence-electron chi connectivity index (χ4n) is 6.85. The van der Waals surface area contributed by atoms with E-state index in [1.807, 2.05) is 0 Å². The molecule has 18 atom stereocenters. The van der Waals surface area contributed by atoms with E-state index in [9.17, 15) is 81.7 Å². The van der Waals surface area contributed by atoms with Crippen LogP contribution in [0.4, 0.5) is 0 Å². The molecule has 93 heavy (non-hydrogen) atoms. The van der Waals surface area contributed by atoms with Crippen molar-refractivity contribution in [2.45, 2.75) is 110 Å². The van der Waals surface area contributed by atoms with Crippen LogP contribution in [0.1, 0.15) is 0 Å². The molecule has 0 saturated carbocycles. The SMILES string of the molecule is OCC(O)COCC(O)COCOC(COCC(O)CO)COCC(COCC(O)CO)NCC(COCC(O)CO)OCC(COCC(COCC(O)COCC(O)CO)OCC(O)CO)OCC(COCC(O)COCC(O)CO)OCC(O)COCC(O)CO. The second-order valence-electron chi connectivity index (χ2n) is 21.4. The smallest absolute Gasteiger partial charge is 0.147 e. The van der Waals surface area contributed by atoms with E-state index in [1.165, 1.54) is 0 Å². The lowest BCUT2D eigenvalue weighted by Crippen LogP contribution is -2.45. The number of aliphatic hydroxyl groups is 20. The molecule has 0 rings (SSSR count). The average Bonchev–Trinajstić information content (AvgIpc) is 3.76. The van der Waals surface area contributed by atoms with Crippen LogP contribution in [0.25, 0.3) is 0 Å². The van der Waals surface area contributed by atoms with E-state index in [4.69, 9.17) is 101 Å². The summed E-state index contributed by atoms with van der Waals surface area (Å²) < 4.78 is 96.7. The van der Waals surface area contributed by atoms with Crippen LogP contribution in [-0.2, 0) is 80.5 Å². The first-order chi connectivity index (χ1) is 44.7. The predicted octanol–water partition coefficient (Wildman–Crippen LogP) is -12.7. The number of rotatable bonds is 72. The van der Waals surface area contributed by atoms with Gasteiger partial charge in [-0.2, -0.15) is 0 Å². The Morgan fingerprint density at radius 3 is 0.710 bits per heavy atom. The summed E-state index contributed by atoms with van der Waals surface area (Å²) in [4.78, 5) is 0. The molecule has 0 aliphatic heterocycles. The van der Waals surface area contributed by atoms with Crippen molar-refractivity contribution in [3.63, 3.8) is 0 Å². The molecule has 0 heterocycles. The Morgan fingerprint density at radius 2 is 0.376 bits per heavy atom. The maximum Gasteiger partial charge on any atom is 0.147 e. The van der Waals surface area contributed by atoms with Crippen LogP contribution >= 0.6 is 0 Å². The summed E-state index contributed by atoms with van der Waals surface area (Å²) in [6.45, 7) is -12.5. The van der Waals surface area contributed by atoms with E-state index in [0.29, 0.717) is 0 Å². The maximum atomic E-state index is 10.7. The van der Waals surface area contributed by atoms with Gasteiger partial charge in [-0.25, -0.2) is 0 Å². The van der Waals surface area contributed by atoms with E-state index < -0.39 is 163 Å².